The number of aliphatic hydroxyl groups excluding tert-OH is 1. The Morgan fingerprint density at radius 3 is 2.74 bits per heavy atom. The first-order chi connectivity index (χ1) is 9.15. The highest BCUT2D eigenvalue weighted by Crippen LogP contribution is 2.18. The number of hydrogen-bond donors (Lipinski definition) is 2. The van der Waals surface area contributed by atoms with Crippen LogP contribution in [-0.4, -0.2) is 37.5 Å². The molecule has 1 aromatic rings. The van der Waals surface area contributed by atoms with E-state index in [1.807, 2.05) is 18.2 Å². The quantitative estimate of drug-likeness (QED) is 0.720. The highest BCUT2D eigenvalue weighted by atomic mass is 16.5. The minimum Gasteiger partial charge on any atom is -0.497 e. The Morgan fingerprint density at radius 1 is 1.32 bits per heavy atom. The van der Waals surface area contributed by atoms with Crippen LogP contribution in [0, 0.1) is 0 Å². The molecule has 0 fully saturated rings. The fourth-order valence-electron chi connectivity index (χ4n) is 1.81. The maximum absolute atomic E-state index is 9.84. The minimum absolute atomic E-state index is 0.277. The molecule has 0 amide bonds. The normalized spacial score (nSPS) is 13.9. The van der Waals surface area contributed by atoms with E-state index in [9.17, 15) is 5.11 Å². The molecular formula is C15H25NO3. The predicted octanol–water partition coefficient (Wildman–Crippen LogP) is 2.21. The third kappa shape index (κ3) is 6.45. The van der Waals surface area contributed by atoms with Crippen molar-refractivity contribution in [2.75, 3.05) is 20.3 Å². The van der Waals surface area contributed by atoms with Crippen LogP contribution in [0.5, 0.6) is 11.5 Å². The van der Waals surface area contributed by atoms with E-state index in [2.05, 4.69) is 19.2 Å². The zero-order valence-electron chi connectivity index (χ0n) is 12.1. The topological polar surface area (TPSA) is 50.7 Å². The van der Waals surface area contributed by atoms with Crippen LogP contribution >= 0.6 is 0 Å². The van der Waals surface area contributed by atoms with Crippen molar-refractivity contribution in [1.29, 1.82) is 0 Å². The van der Waals surface area contributed by atoms with Crippen molar-refractivity contribution < 1.29 is 14.6 Å². The average Bonchev–Trinajstić information content (AvgIpc) is 2.43. The van der Waals surface area contributed by atoms with Crippen LogP contribution in [-0.2, 0) is 0 Å². The fraction of sp³-hybridized carbons (Fsp3) is 0.600. The van der Waals surface area contributed by atoms with Gasteiger partial charge in [-0.2, -0.15) is 0 Å². The molecule has 0 heterocycles. The molecule has 4 heteroatoms. The van der Waals surface area contributed by atoms with Crippen LogP contribution in [0.2, 0.25) is 0 Å². The van der Waals surface area contributed by atoms with Crippen molar-refractivity contribution in [3.63, 3.8) is 0 Å². The van der Waals surface area contributed by atoms with Crippen LogP contribution in [0.15, 0.2) is 24.3 Å². The Bertz CT molecular complexity index is 357. The van der Waals surface area contributed by atoms with Crippen molar-refractivity contribution in [3.8, 4) is 11.5 Å². The summed E-state index contributed by atoms with van der Waals surface area (Å²) in [7, 11) is 1.62. The highest BCUT2D eigenvalue weighted by molar-refractivity contribution is 5.32. The molecule has 19 heavy (non-hydrogen) atoms. The molecule has 0 aliphatic heterocycles. The van der Waals surface area contributed by atoms with E-state index in [4.69, 9.17) is 9.47 Å². The van der Waals surface area contributed by atoms with Crippen LogP contribution in [0.3, 0.4) is 0 Å². The molecule has 108 valence electrons. The first-order valence-electron chi connectivity index (χ1n) is 6.84. The Labute approximate surface area is 115 Å². The van der Waals surface area contributed by atoms with Gasteiger partial charge >= 0.3 is 0 Å². The predicted molar refractivity (Wildman–Crippen MR) is 76.9 cm³/mol. The zero-order valence-corrected chi connectivity index (χ0v) is 12.1. The molecule has 0 saturated carbocycles. The molecule has 1 aromatic carbocycles. The second kappa shape index (κ2) is 8.77. The molecular weight excluding hydrogens is 242 g/mol. The molecule has 4 nitrogen and oxygen atoms in total. The molecule has 0 saturated heterocycles. The molecule has 1 rings (SSSR count). The van der Waals surface area contributed by atoms with Crippen molar-refractivity contribution in [2.24, 2.45) is 0 Å². The van der Waals surface area contributed by atoms with Gasteiger partial charge < -0.3 is 19.9 Å². The van der Waals surface area contributed by atoms with Crippen LogP contribution in [0.1, 0.15) is 26.7 Å². The second-order valence-corrected chi connectivity index (χ2v) is 4.74. The van der Waals surface area contributed by atoms with Gasteiger partial charge in [-0.3, -0.25) is 0 Å². The summed E-state index contributed by atoms with van der Waals surface area (Å²) in [6.45, 7) is 5.10. The number of benzene rings is 1. The lowest BCUT2D eigenvalue weighted by Crippen LogP contribution is -2.36. The summed E-state index contributed by atoms with van der Waals surface area (Å²) >= 11 is 0. The van der Waals surface area contributed by atoms with Crippen molar-refractivity contribution >= 4 is 0 Å². The second-order valence-electron chi connectivity index (χ2n) is 4.74. The van der Waals surface area contributed by atoms with E-state index in [1.54, 1.807) is 13.2 Å². The third-order valence-corrected chi connectivity index (χ3v) is 2.91. The van der Waals surface area contributed by atoms with E-state index in [0.717, 1.165) is 18.6 Å². The van der Waals surface area contributed by atoms with Gasteiger partial charge in [0.2, 0.25) is 0 Å². The summed E-state index contributed by atoms with van der Waals surface area (Å²) in [4.78, 5) is 0. The standard InChI is InChI=1S/C15H25NO3/c1-4-6-12(2)16-10-13(17)11-19-15-8-5-7-14(9-15)18-3/h5,7-9,12-13,16-17H,4,6,10-11H2,1-3H3. The Kier molecular flexibility index (Phi) is 7.30. The largest absolute Gasteiger partial charge is 0.497 e. The first-order valence-corrected chi connectivity index (χ1v) is 6.84. The van der Waals surface area contributed by atoms with E-state index < -0.39 is 6.10 Å². The van der Waals surface area contributed by atoms with Gasteiger partial charge in [0.25, 0.3) is 0 Å². The molecule has 0 aliphatic carbocycles. The van der Waals surface area contributed by atoms with Crippen molar-refractivity contribution in [3.05, 3.63) is 24.3 Å². The van der Waals surface area contributed by atoms with Gasteiger partial charge in [0.05, 0.1) is 7.11 Å². The maximum atomic E-state index is 9.84. The summed E-state index contributed by atoms with van der Waals surface area (Å²) in [5.41, 5.74) is 0. The molecule has 0 aliphatic rings. The minimum atomic E-state index is -0.509. The van der Waals surface area contributed by atoms with Crippen LogP contribution in [0.4, 0.5) is 0 Å². The lowest BCUT2D eigenvalue weighted by Gasteiger charge is -2.17. The highest BCUT2D eigenvalue weighted by Gasteiger charge is 2.07. The number of methoxy groups -OCH3 is 1. The summed E-state index contributed by atoms with van der Waals surface area (Å²) in [6.07, 6.45) is 1.75. The van der Waals surface area contributed by atoms with Crippen molar-refractivity contribution in [2.45, 2.75) is 38.8 Å². The van der Waals surface area contributed by atoms with Gasteiger partial charge in [0.15, 0.2) is 0 Å². The van der Waals surface area contributed by atoms with E-state index in [-0.39, 0.29) is 6.61 Å². The van der Waals surface area contributed by atoms with Crippen molar-refractivity contribution in [1.82, 2.24) is 5.32 Å². The van der Waals surface area contributed by atoms with Gasteiger partial charge in [0, 0.05) is 18.7 Å². The monoisotopic (exact) mass is 267 g/mol. The maximum Gasteiger partial charge on any atom is 0.123 e. The van der Waals surface area contributed by atoms with E-state index >= 15 is 0 Å². The number of nitrogens with one attached hydrogen (secondary N) is 1. The third-order valence-electron chi connectivity index (χ3n) is 2.91. The van der Waals surface area contributed by atoms with Crippen LogP contribution in [0.25, 0.3) is 0 Å². The molecule has 2 unspecified atom stereocenters. The zero-order chi connectivity index (χ0) is 14.1. The number of ether oxygens (including phenoxy) is 2. The van der Waals surface area contributed by atoms with Gasteiger partial charge in [0.1, 0.15) is 24.2 Å². The smallest absolute Gasteiger partial charge is 0.123 e. The first kappa shape index (κ1) is 15.8. The molecule has 0 aromatic heterocycles. The molecule has 0 spiro atoms. The van der Waals surface area contributed by atoms with E-state index in [0.29, 0.717) is 18.3 Å². The van der Waals surface area contributed by atoms with Crippen LogP contribution < -0.4 is 14.8 Å². The van der Waals surface area contributed by atoms with Gasteiger partial charge in [-0.25, -0.2) is 0 Å². The summed E-state index contributed by atoms with van der Waals surface area (Å²) in [5.74, 6) is 1.46. The average molecular weight is 267 g/mol. The number of aliphatic hydroxyl groups is 1. The molecule has 0 bridgehead atoms. The number of rotatable bonds is 9. The van der Waals surface area contributed by atoms with Gasteiger partial charge in [-0.1, -0.05) is 19.4 Å². The SMILES string of the molecule is CCCC(C)NCC(O)COc1cccc(OC)c1. The van der Waals surface area contributed by atoms with E-state index in [1.165, 1.54) is 0 Å². The number of hydrogen-bond acceptors (Lipinski definition) is 4. The molecule has 2 N–H and O–H groups in total. The fourth-order valence-corrected chi connectivity index (χ4v) is 1.81. The summed E-state index contributed by atoms with van der Waals surface area (Å²) in [5, 5.41) is 13.1. The lowest BCUT2D eigenvalue weighted by molar-refractivity contribution is 0.103. The lowest BCUT2D eigenvalue weighted by atomic mass is 10.2. The van der Waals surface area contributed by atoms with Gasteiger partial charge in [-0.05, 0) is 25.5 Å². The Hall–Kier alpha value is -1.26. The summed E-state index contributed by atoms with van der Waals surface area (Å²) in [6, 6.07) is 7.80. The Morgan fingerprint density at radius 2 is 2.05 bits per heavy atom. The molecule has 0 radical (unpaired) electrons. The summed E-state index contributed by atoms with van der Waals surface area (Å²) < 4.78 is 10.6. The van der Waals surface area contributed by atoms with Gasteiger partial charge in [-0.15, -0.1) is 0 Å². The Balaban J connectivity index is 2.27. The molecule has 2 atom stereocenters.